The third kappa shape index (κ3) is 5.00. The average molecular weight is 340 g/mol. The van der Waals surface area contributed by atoms with Crippen molar-refractivity contribution in [2.24, 2.45) is 0 Å². The van der Waals surface area contributed by atoms with Crippen LogP contribution in [0.4, 0.5) is 11.4 Å². The minimum atomic E-state index is -0.527. The number of para-hydroxylation sites is 1. The van der Waals surface area contributed by atoms with Crippen LogP contribution in [0, 0.1) is 10.1 Å². The van der Waals surface area contributed by atoms with Gasteiger partial charge in [0.1, 0.15) is 0 Å². The van der Waals surface area contributed by atoms with Gasteiger partial charge < -0.3 is 10.1 Å². The summed E-state index contributed by atoms with van der Waals surface area (Å²) in [6, 6.07) is 12.4. The molecule has 2 aromatic carbocycles. The fourth-order valence-electron chi connectivity index (χ4n) is 2.07. The maximum atomic E-state index is 12.1. The minimum Gasteiger partial charge on any atom is -0.462 e. The number of anilines is 1. The molecule has 0 fully saturated rings. The summed E-state index contributed by atoms with van der Waals surface area (Å²) in [6.07, 6.45) is 2.69. The molecular formula is C18H16N2O5. The van der Waals surface area contributed by atoms with Crippen molar-refractivity contribution >= 4 is 29.3 Å². The van der Waals surface area contributed by atoms with E-state index in [1.165, 1.54) is 30.4 Å². The molecule has 0 saturated heterocycles. The number of esters is 1. The Morgan fingerprint density at radius 1 is 1.20 bits per heavy atom. The Kier molecular flexibility index (Phi) is 6.00. The van der Waals surface area contributed by atoms with Gasteiger partial charge in [-0.2, -0.15) is 0 Å². The second-order valence-corrected chi connectivity index (χ2v) is 4.94. The van der Waals surface area contributed by atoms with E-state index in [-0.39, 0.29) is 17.9 Å². The molecular weight excluding hydrogens is 324 g/mol. The molecule has 2 aromatic rings. The van der Waals surface area contributed by atoms with Gasteiger partial charge in [-0.15, -0.1) is 0 Å². The molecule has 128 valence electrons. The van der Waals surface area contributed by atoms with E-state index >= 15 is 0 Å². The number of benzene rings is 2. The summed E-state index contributed by atoms with van der Waals surface area (Å²) < 4.78 is 4.94. The van der Waals surface area contributed by atoms with Crippen LogP contribution in [0.3, 0.4) is 0 Å². The molecule has 0 bridgehead atoms. The number of hydrogen-bond donors (Lipinski definition) is 1. The fourth-order valence-corrected chi connectivity index (χ4v) is 2.07. The summed E-state index contributed by atoms with van der Waals surface area (Å²) in [5.74, 6) is -0.996. The van der Waals surface area contributed by atoms with E-state index in [4.69, 9.17) is 4.74 Å². The van der Waals surface area contributed by atoms with Crippen LogP contribution in [0.2, 0.25) is 0 Å². The number of non-ortho nitro benzene ring substituents is 1. The molecule has 7 nitrogen and oxygen atoms in total. The Morgan fingerprint density at radius 2 is 1.96 bits per heavy atom. The summed E-state index contributed by atoms with van der Waals surface area (Å²) in [6.45, 7) is 1.93. The number of nitrogens with zero attached hydrogens (tertiary/aromatic N) is 1. The molecule has 0 aromatic heterocycles. The predicted octanol–water partition coefficient (Wildman–Crippen LogP) is 3.42. The van der Waals surface area contributed by atoms with Gasteiger partial charge in [-0.25, -0.2) is 4.79 Å². The molecule has 0 saturated carbocycles. The van der Waals surface area contributed by atoms with Gasteiger partial charge in [0.15, 0.2) is 0 Å². The number of nitro benzene ring substituents is 1. The molecule has 1 N–H and O–H groups in total. The zero-order valence-corrected chi connectivity index (χ0v) is 13.5. The maximum Gasteiger partial charge on any atom is 0.340 e. The number of nitro groups is 1. The van der Waals surface area contributed by atoms with Gasteiger partial charge in [0.05, 0.1) is 22.8 Å². The third-order valence-corrected chi connectivity index (χ3v) is 3.19. The SMILES string of the molecule is CCOC(=O)c1ccccc1NC(=O)C=Cc1cccc([N+](=O)[O-])c1. The highest BCUT2D eigenvalue weighted by Crippen LogP contribution is 2.17. The van der Waals surface area contributed by atoms with Crippen molar-refractivity contribution in [1.29, 1.82) is 0 Å². The van der Waals surface area contributed by atoms with E-state index in [2.05, 4.69) is 5.32 Å². The van der Waals surface area contributed by atoms with Gasteiger partial charge in [-0.3, -0.25) is 14.9 Å². The second-order valence-electron chi connectivity index (χ2n) is 4.94. The lowest BCUT2D eigenvalue weighted by Gasteiger charge is -2.08. The molecule has 25 heavy (non-hydrogen) atoms. The lowest BCUT2D eigenvalue weighted by molar-refractivity contribution is -0.384. The number of nitrogens with one attached hydrogen (secondary N) is 1. The van der Waals surface area contributed by atoms with E-state index in [9.17, 15) is 19.7 Å². The Bertz CT molecular complexity index is 830. The largest absolute Gasteiger partial charge is 0.462 e. The lowest BCUT2D eigenvalue weighted by atomic mass is 10.1. The van der Waals surface area contributed by atoms with Crippen LogP contribution in [-0.4, -0.2) is 23.4 Å². The van der Waals surface area contributed by atoms with Gasteiger partial charge in [0.25, 0.3) is 5.69 Å². The topological polar surface area (TPSA) is 98.5 Å². The van der Waals surface area contributed by atoms with Crippen LogP contribution in [0.15, 0.2) is 54.6 Å². The van der Waals surface area contributed by atoms with Gasteiger partial charge in [0, 0.05) is 18.2 Å². The van der Waals surface area contributed by atoms with Crippen LogP contribution in [-0.2, 0) is 9.53 Å². The highest BCUT2D eigenvalue weighted by atomic mass is 16.6. The highest BCUT2D eigenvalue weighted by molar-refractivity contribution is 6.06. The molecule has 0 aliphatic rings. The van der Waals surface area contributed by atoms with Crippen LogP contribution in [0.1, 0.15) is 22.8 Å². The first-order valence-corrected chi connectivity index (χ1v) is 7.51. The Labute approximate surface area is 144 Å². The summed E-state index contributed by atoms with van der Waals surface area (Å²) in [5, 5.41) is 13.3. The van der Waals surface area contributed by atoms with E-state index in [0.717, 1.165) is 0 Å². The molecule has 1 amide bonds. The van der Waals surface area contributed by atoms with Crippen molar-refractivity contribution in [1.82, 2.24) is 0 Å². The predicted molar refractivity (Wildman–Crippen MR) is 93.2 cm³/mol. The maximum absolute atomic E-state index is 12.1. The summed E-state index contributed by atoms with van der Waals surface area (Å²) in [7, 11) is 0. The van der Waals surface area contributed by atoms with Gasteiger partial charge in [-0.1, -0.05) is 24.3 Å². The van der Waals surface area contributed by atoms with Gasteiger partial charge >= 0.3 is 5.97 Å². The number of ether oxygens (including phenoxy) is 1. The quantitative estimate of drug-likeness (QED) is 0.376. The molecule has 0 atom stereocenters. The summed E-state index contributed by atoms with van der Waals surface area (Å²) in [4.78, 5) is 34.2. The highest BCUT2D eigenvalue weighted by Gasteiger charge is 2.13. The van der Waals surface area contributed by atoms with Crippen LogP contribution in [0.5, 0.6) is 0 Å². The molecule has 2 rings (SSSR count). The number of rotatable bonds is 6. The molecule has 0 radical (unpaired) electrons. The lowest BCUT2D eigenvalue weighted by Crippen LogP contribution is -2.13. The Hall–Kier alpha value is -3.48. The van der Waals surface area contributed by atoms with Crippen LogP contribution in [0.25, 0.3) is 6.08 Å². The van der Waals surface area contributed by atoms with Crippen LogP contribution < -0.4 is 5.32 Å². The average Bonchev–Trinajstić information content (AvgIpc) is 2.61. The van der Waals surface area contributed by atoms with Crippen molar-refractivity contribution in [3.8, 4) is 0 Å². The first kappa shape index (κ1) is 17.9. The standard InChI is InChI=1S/C18H16N2O5/c1-2-25-18(22)15-8-3-4-9-16(15)19-17(21)11-10-13-6-5-7-14(12-13)20(23)24/h3-12H,2H2,1H3,(H,19,21). The first-order valence-electron chi connectivity index (χ1n) is 7.51. The fraction of sp³-hybridized carbons (Fsp3) is 0.111. The number of hydrogen-bond acceptors (Lipinski definition) is 5. The summed E-state index contributed by atoms with van der Waals surface area (Å²) >= 11 is 0. The van der Waals surface area contributed by atoms with Crippen molar-refractivity contribution in [3.05, 3.63) is 75.8 Å². The monoisotopic (exact) mass is 340 g/mol. The number of carbonyl (C=O) groups is 2. The van der Waals surface area contributed by atoms with Crippen molar-refractivity contribution in [2.45, 2.75) is 6.92 Å². The van der Waals surface area contributed by atoms with E-state index in [1.807, 2.05) is 0 Å². The van der Waals surface area contributed by atoms with Gasteiger partial charge in [-0.05, 0) is 30.7 Å². The molecule has 0 unspecified atom stereocenters. The van der Waals surface area contributed by atoms with Crippen molar-refractivity contribution in [2.75, 3.05) is 11.9 Å². The molecule has 7 heteroatoms. The number of carbonyl (C=O) groups excluding carboxylic acids is 2. The molecule has 0 aliphatic heterocycles. The molecule has 0 spiro atoms. The van der Waals surface area contributed by atoms with E-state index in [1.54, 1.807) is 37.3 Å². The first-order chi connectivity index (χ1) is 12.0. The third-order valence-electron chi connectivity index (χ3n) is 3.19. The zero-order valence-electron chi connectivity index (χ0n) is 13.5. The van der Waals surface area contributed by atoms with Crippen molar-refractivity contribution in [3.63, 3.8) is 0 Å². The Balaban J connectivity index is 2.12. The molecule has 0 heterocycles. The second kappa shape index (κ2) is 8.39. The number of amides is 1. The van der Waals surface area contributed by atoms with Gasteiger partial charge in [0.2, 0.25) is 5.91 Å². The Morgan fingerprint density at radius 3 is 2.68 bits per heavy atom. The van der Waals surface area contributed by atoms with Crippen molar-refractivity contribution < 1.29 is 19.2 Å². The zero-order chi connectivity index (χ0) is 18.2. The van der Waals surface area contributed by atoms with E-state index < -0.39 is 16.8 Å². The smallest absolute Gasteiger partial charge is 0.340 e. The van der Waals surface area contributed by atoms with E-state index in [0.29, 0.717) is 11.3 Å². The minimum absolute atomic E-state index is 0.0600. The summed E-state index contributed by atoms with van der Waals surface area (Å²) in [5.41, 5.74) is 1.04. The molecule has 0 aliphatic carbocycles. The normalized spacial score (nSPS) is 10.4. The van der Waals surface area contributed by atoms with Crippen LogP contribution >= 0.6 is 0 Å².